The van der Waals surface area contributed by atoms with Crippen LogP contribution in [0.15, 0.2) is 54.6 Å². The Kier molecular flexibility index (Phi) is 12.0. The third kappa shape index (κ3) is 9.63. The first-order valence-corrected chi connectivity index (χ1v) is 13.2. The lowest BCUT2D eigenvalue weighted by atomic mass is 9.85. The summed E-state index contributed by atoms with van der Waals surface area (Å²) in [7, 11) is 1.25. The zero-order chi connectivity index (χ0) is 28.3. The zero-order valence-corrected chi connectivity index (χ0v) is 23.6. The summed E-state index contributed by atoms with van der Waals surface area (Å²) in [6.45, 7) is 12.3. The molecule has 0 aliphatic rings. The third-order valence-electron chi connectivity index (χ3n) is 6.54. The molecule has 5 N–H and O–H groups in total. The molecule has 2 aromatic rings. The quantitative estimate of drug-likeness (QED) is 0.233. The van der Waals surface area contributed by atoms with Crippen molar-refractivity contribution in [2.45, 2.75) is 65.8 Å². The minimum atomic E-state index is -0.960. The van der Waals surface area contributed by atoms with E-state index >= 15 is 0 Å². The van der Waals surface area contributed by atoms with E-state index < -0.39 is 35.6 Å². The van der Waals surface area contributed by atoms with E-state index in [0.29, 0.717) is 13.0 Å². The molecule has 0 bridgehead atoms. The van der Waals surface area contributed by atoms with Crippen molar-refractivity contribution < 1.29 is 19.4 Å². The summed E-state index contributed by atoms with van der Waals surface area (Å²) in [6, 6.07) is 16.3. The predicted molar refractivity (Wildman–Crippen MR) is 151 cm³/mol. The molecule has 2 amide bonds. The highest BCUT2D eigenvalue weighted by Gasteiger charge is 2.35. The number of hydrogen-bond acceptors (Lipinski definition) is 7. The molecular formula is C29H45N5O4. The molecule has 2 rings (SSSR count). The molecule has 0 fully saturated rings. The average Bonchev–Trinajstić information content (AvgIpc) is 2.88. The molecule has 9 nitrogen and oxygen atoms in total. The second-order valence-corrected chi connectivity index (χ2v) is 10.6. The van der Waals surface area contributed by atoms with Crippen LogP contribution in [0.25, 0.3) is 0 Å². The standard InChI is InChI=1S/C29H45N5O4/c1-7-33(8-2)23-16-14-22(15-17-23)19-34(30)20-25(35)24(18-21-12-10-9-11-13-21)31-27(36)26(29(3,4)5)32-28(37)38-6/h9-17,24-26,35H,7-8,18-20,30H2,1-6H3,(H,31,36)(H,32,37)/t24-,25-,26+/m0/s1. The van der Waals surface area contributed by atoms with Gasteiger partial charge in [-0.1, -0.05) is 63.2 Å². The van der Waals surface area contributed by atoms with Gasteiger partial charge in [-0.2, -0.15) is 0 Å². The van der Waals surface area contributed by atoms with Crippen LogP contribution in [0.1, 0.15) is 45.7 Å². The van der Waals surface area contributed by atoms with Crippen LogP contribution in [0.2, 0.25) is 0 Å². The highest BCUT2D eigenvalue weighted by molar-refractivity contribution is 5.86. The van der Waals surface area contributed by atoms with Gasteiger partial charge in [-0.05, 0) is 48.9 Å². The van der Waals surface area contributed by atoms with Crippen LogP contribution in [-0.4, -0.2) is 67.0 Å². The molecule has 0 spiro atoms. The summed E-state index contributed by atoms with van der Waals surface area (Å²) in [5.41, 5.74) is 2.55. The van der Waals surface area contributed by atoms with Gasteiger partial charge < -0.3 is 25.4 Å². The second-order valence-electron chi connectivity index (χ2n) is 10.6. The summed E-state index contributed by atoms with van der Waals surface area (Å²) >= 11 is 0. The number of carbonyl (C=O) groups excluding carboxylic acids is 2. The number of aliphatic hydroxyl groups excluding tert-OH is 1. The summed E-state index contributed by atoms with van der Waals surface area (Å²) in [6.07, 6.45) is -1.26. The Morgan fingerprint density at radius 3 is 2.11 bits per heavy atom. The van der Waals surface area contributed by atoms with E-state index in [-0.39, 0.29) is 6.54 Å². The number of aliphatic hydroxyl groups is 1. The van der Waals surface area contributed by atoms with Crippen LogP contribution in [0, 0.1) is 5.41 Å². The predicted octanol–water partition coefficient (Wildman–Crippen LogP) is 3.07. The Hall–Kier alpha value is -3.14. The Morgan fingerprint density at radius 1 is 0.974 bits per heavy atom. The van der Waals surface area contributed by atoms with Crippen LogP contribution in [-0.2, 0) is 22.5 Å². The van der Waals surface area contributed by atoms with E-state index in [2.05, 4.69) is 41.5 Å². The highest BCUT2D eigenvalue weighted by atomic mass is 16.5. The number of nitrogens with two attached hydrogens (primary N) is 1. The largest absolute Gasteiger partial charge is 0.453 e. The van der Waals surface area contributed by atoms with Gasteiger partial charge in [0.25, 0.3) is 0 Å². The molecule has 3 atom stereocenters. The first kappa shape index (κ1) is 31.1. The van der Waals surface area contributed by atoms with Crippen LogP contribution in [0.5, 0.6) is 0 Å². The number of rotatable bonds is 13. The fraction of sp³-hybridized carbons (Fsp3) is 0.517. The van der Waals surface area contributed by atoms with Crippen molar-refractivity contribution in [1.29, 1.82) is 0 Å². The molecule has 9 heteroatoms. The van der Waals surface area contributed by atoms with Crippen molar-refractivity contribution in [3.8, 4) is 0 Å². The van der Waals surface area contributed by atoms with Gasteiger partial charge in [0.15, 0.2) is 0 Å². The molecule has 0 saturated heterocycles. The smallest absolute Gasteiger partial charge is 0.407 e. The molecule has 0 heterocycles. The maximum absolute atomic E-state index is 13.3. The number of nitrogens with one attached hydrogen (secondary N) is 2. The molecular weight excluding hydrogens is 482 g/mol. The summed E-state index contributed by atoms with van der Waals surface area (Å²) in [5, 5.41) is 18.3. The highest BCUT2D eigenvalue weighted by Crippen LogP contribution is 2.21. The van der Waals surface area contributed by atoms with Crippen molar-refractivity contribution in [3.63, 3.8) is 0 Å². The molecule has 2 aromatic carbocycles. The molecule has 0 unspecified atom stereocenters. The number of anilines is 1. The van der Waals surface area contributed by atoms with E-state index in [4.69, 9.17) is 10.6 Å². The summed E-state index contributed by atoms with van der Waals surface area (Å²) in [4.78, 5) is 27.5. The van der Waals surface area contributed by atoms with E-state index in [1.165, 1.54) is 7.11 Å². The van der Waals surface area contributed by atoms with Crippen molar-refractivity contribution in [3.05, 3.63) is 65.7 Å². The minimum absolute atomic E-state index is 0.139. The molecule has 0 aromatic heterocycles. The van der Waals surface area contributed by atoms with Crippen molar-refractivity contribution in [2.75, 3.05) is 31.6 Å². The first-order valence-electron chi connectivity index (χ1n) is 13.2. The van der Waals surface area contributed by atoms with Gasteiger partial charge in [0.1, 0.15) is 6.04 Å². The van der Waals surface area contributed by atoms with Crippen LogP contribution >= 0.6 is 0 Å². The number of amides is 2. The summed E-state index contributed by atoms with van der Waals surface area (Å²) < 4.78 is 4.71. The Balaban J connectivity index is 2.14. The van der Waals surface area contributed by atoms with Gasteiger partial charge in [-0.15, -0.1) is 0 Å². The molecule has 0 aliphatic carbocycles. The van der Waals surface area contributed by atoms with Crippen molar-refractivity contribution >= 4 is 17.7 Å². The van der Waals surface area contributed by atoms with Crippen LogP contribution < -0.4 is 21.4 Å². The van der Waals surface area contributed by atoms with Gasteiger partial charge in [0.05, 0.1) is 19.3 Å². The number of carbonyl (C=O) groups is 2. The topological polar surface area (TPSA) is 120 Å². The number of hydrogen-bond donors (Lipinski definition) is 4. The fourth-order valence-corrected chi connectivity index (χ4v) is 4.34. The number of ether oxygens (including phenoxy) is 1. The van der Waals surface area contributed by atoms with Gasteiger partial charge in [0, 0.05) is 31.9 Å². The van der Waals surface area contributed by atoms with Crippen molar-refractivity contribution in [1.82, 2.24) is 15.6 Å². The van der Waals surface area contributed by atoms with Gasteiger partial charge in [0.2, 0.25) is 5.91 Å². The van der Waals surface area contributed by atoms with E-state index in [1.54, 1.807) is 5.01 Å². The number of methoxy groups -OCH3 is 1. The normalized spacial score (nSPS) is 13.9. The zero-order valence-electron chi connectivity index (χ0n) is 23.6. The fourth-order valence-electron chi connectivity index (χ4n) is 4.34. The van der Waals surface area contributed by atoms with Crippen molar-refractivity contribution in [2.24, 2.45) is 11.3 Å². The Morgan fingerprint density at radius 2 is 1.58 bits per heavy atom. The molecule has 0 radical (unpaired) electrons. The van der Waals surface area contributed by atoms with E-state index in [0.717, 1.165) is 29.9 Å². The van der Waals surface area contributed by atoms with E-state index in [9.17, 15) is 14.7 Å². The average molecular weight is 528 g/mol. The minimum Gasteiger partial charge on any atom is -0.453 e. The lowest BCUT2D eigenvalue weighted by Gasteiger charge is -2.33. The maximum Gasteiger partial charge on any atom is 0.407 e. The third-order valence-corrected chi connectivity index (χ3v) is 6.54. The van der Waals surface area contributed by atoms with Gasteiger partial charge >= 0.3 is 6.09 Å². The van der Waals surface area contributed by atoms with Gasteiger partial charge in [-0.3, -0.25) is 10.6 Å². The number of alkyl carbamates (subject to hydrolysis) is 1. The molecule has 0 aliphatic heterocycles. The SMILES string of the molecule is CCN(CC)c1ccc(CN(N)C[C@H](O)[C@H](Cc2ccccc2)NC(=O)[C@@H](NC(=O)OC)C(C)(C)C)cc1. The number of hydrazine groups is 1. The lowest BCUT2D eigenvalue weighted by molar-refractivity contribution is -0.127. The summed E-state index contributed by atoms with van der Waals surface area (Å²) in [5.74, 6) is 5.90. The Labute approximate surface area is 227 Å². The number of benzene rings is 2. The molecule has 38 heavy (non-hydrogen) atoms. The van der Waals surface area contributed by atoms with Gasteiger partial charge in [-0.25, -0.2) is 9.80 Å². The molecule has 210 valence electrons. The molecule has 0 saturated carbocycles. The van der Waals surface area contributed by atoms with Crippen LogP contribution in [0.3, 0.4) is 0 Å². The van der Waals surface area contributed by atoms with Crippen LogP contribution in [0.4, 0.5) is 10.5 Å². The maximum atomic E-state index is 13.3. The first-order chi connectivity index (χ1) is 18.0. The lowest BCUT2D eigenvalue weighted by Crippen LogP contribution is -2.58. The monoisotopic (exact) mass is 527 g/mol. The van der Waals surface area contributed by atoms with E-state index in [1.807, 2.05) is 63.2 Å². The second kappa shape index (κ2) is 14.7. The number of nitrogens with zero attached hydrogens (tertiary/aromatic N) is 2. The Bertz CT molecular complexity index is 990.